The van der Waals surface area contributed by atoms with E-state index in [-0.39, 0.29) is 5.92 Å². The highest BCUT2D eigenvalue weighted by Crippen LogP contribution is 2.32. The minimum absolute atomic E-state index is 0.249. The molecule has 0 amide bonds. The first-order chi connectivity index (χ1) is 12.4. The Morgan fingerprint density at radius 1 is 0.920 bits per heavy atom. The standard InChI is InChI=1S/C21H20N4/c1-2-8-16(9-3-1)19-15-24-21(23-14-17-10-6-7-13-22-17)25-20-12-5-4-11-18(19)20/h1-13,19H,14-15H2,(H2,23,24,25). The van der Waals surface area contributed by atoms with Gasteiger partial charge in [-0.2, -0.15) is 0 Å². The van der Waals surface area contributed by atoms with Crippen LogP contribution < -0.4 is 10.6 Å². The molecule has 0 saturated carbocycles. The number of nitrogens with zero attached hydrogens (tertiary/aromatic N) is 2. The molecule has 0 spiro atoms. The van der Waals surface area contributed by atoms with E-state index in [4.69, 9.17) is 4.99 Å². The van der Waals surface area contributed by atoms with Gasteiger partial charge in [-0.25, -0.2) is 0 Å². The van der Waals surface area contributed by atoms with E-state index in [9.17, 15) is 0 Å². The fourth-order valence-corrected chi connectivity index (χ4v) is 3.11. The zero-order chi connectivity index (χ0) is 16.9. The van der Waals surface area contributed by atoms with Gasteiger partial charge >= 0.3 is 0 Å². The summed E-state index contributed by atoms with van der Waals surface area (Å²) in [5, 5.41) is 6.81. The highest BCUT2D eigenvalue weighted by molar-refractivity contribution is 5.95. The molecular formula is C21H20N4. The third-order valence-electron chi connectivity index (χ3n) is 4.39. The number of hydrogen-bond acceptors (Lipinski definition) is 4. The summed E-state index contributed by atoms with van der Waals surface area (Å²) in [6, 6.07) is 24.9. The predicted octanol–water partition coefficient (Wildman–Crippen LogP) is 3.78. The smallest absolute Gasteiger partial charge is 0.196 e. The summed E-state index contributed by atoms with van der Waals surface area (Å²) in [4.78, 5) is 9.13. The molecule has 4 heteroatoms. The molecule has 2 heterocycles. The molecule has 4 rings (SSSR count). The highest BCUT2D eigenvalue weighted by Gasteiger charge is 2.20. The first-order valence-corrected chi connectivity index (χ1v) is 8.49. The van der Waals surface area contributed by atoms with Gasteiger partial charge in [0.15, 0.2) is 5.96 Å². The van der Waals surface area contributed by atoms with Crippen molar-refractivity contribution < 1.29 is 0 Å². The first kappa shape index (κ1) is 15.4. The first-order valence-electron chi connectivity index (χ1n) is 8.49. The van der Waals surface area contributed by atoms with Crippen molar-refractivity contribution in [3.05, 3.63) is 95.8 Å². The normalized spacial score (nSPS) is 16.2. The monoisotopic (exact) mass is 328 g/mol. The van der Waals surface area contributed by atoms with E-state index >= 15 is 0 Å². The molecule has 1 unspecified atom stereocenters. The van der Waals surface area contributed by atoms with E-state index < -0.39 is 0 Å². The lowest BCUT2D eigenvalue weighted by Crippen LogP contribution is -2.30. The van der Waals surface area contributed by atoms with Crippen molar-refractivity contribution in [1.29, 1.82) is 0 Å². The van der Waals surface area contributed by atoms with Crippen LogP contribution in [0.4, 0.5) is 5.69 Å². The van der Waals surface area contributed by atoms with E-state index in [1.54, 1.807) is 6.20 Å². The molecule has 0 fully saturated rings. The van der Waals surface area contributed by atoms with Crippen molar-refractivity contribution in [1.82, 2.24) is 10.3 Å². The number of pyridine rings is 1. The maximum atomic E-state index is 4.78. The van der Waals surface area contributed by atoms with Gasteiger partial charge < -0.3 is 10.6 Å². The molecule has 1 aliphatic rings. The maximum Gasteiger partial charge on any atom is 0.196 e. The van der Waals surface area contributed by atoms with Gasteiger partial charge in [0.1, 0.15) is 0 Å². The van der Waals surface area contributed by atoms with E-state index in [1.807, 2.05) is 24.3 Å². The number of anilines is 1. The van der Waals surface area contributed by atoms with E-state index in [0.29, 0.717) is 13.1 Å². The van der Waals surface area contributed by atoms with Gasteiger partial charge in [0.05, 0.1) is 18.8 Å². The maximum absolute atomic E-state index is 4.78. The van der Waals surface area contributed by atoms with Crippen LogP contribution in [0.5, 0.6) is 0 Å². The number of nitrogens with one attached hydrogen (secondary N) is 2. The van der Waals surface area contributed by atoms with Crippen LogP contribution in [0.1, 0.15) is 22.7 Å². The average molecular weight is 328 g/mol. The summed E-state index contributed by atoms with van der Waals surface area (Å²) in [5.41, 5.74) is 4.64. The Labute approximate surface area is 147 Å². The van der Waals surface area contributed by atoms with Crippen molar-refractivity contribution in [3.63, 3.8) is 0 Å². The predicted molar refractivity (Wildman–Crippen MR) is 102 cm³/mol. The molecule has 0 radical (unpaired) electrons. The molecule has 0 bridgehead atoms. The van der Waals surface area contributed by atoms with Crippen LogP contribution >= 0.6 is 0 Å². The second-order valence-electron chi connectivity index (χ2n) is 6.04. The Balaban J connectivity index is 1.59. The van der Waals surface area contributed by atoms with Crippen LogP contribution in [-0.4, -0.2) is 17.5 Å². The lowest BCUT2D eigenvalue weighted by molar-refractivity contribution is 0.813. The number of guanidine groups is 1. The van der Waals surface area contributed by atoms with Crippen LogP contribution in [0.3, 0.4) is 0 Å². The Morgan fingerprint density at radius 3 is 2.56 bits per heavy atom. The fourth-order valence-electron chi connectivity index (χ4n) is 3.11. The largest absolute Gasteiger partial charge is 0.350 e. The average Bonchev–Trinajstić information content (AvgIpc) is 2.87. The summed E-state index contributed by atoms with van der Waals surface area (Å²) < 4.78 is 0. The van der Waals surface area contributed by atoms with Crippen LogP contribution in [-0.2, 0) is 6.54 Å². The van der Waals surface area contributed by atoms with Crippen LogP contribution in [0.25, 0.3) is 0 Å². The van der Waals surface area contributed by atoms with Crippen LogP contribution in [0.15, 0.2) is 84.0 Å². The fraction of sp³-hybridized carbons (Fsp3) is 0.143. The molecule has 4 nitrogen and oxygen atoms in total. The number of aromatic nitrogens is 1. The Bertz CT molecular complexity index is 859. The minimum atomic E-state index is 0.249. The number of fused-ring (bicyclic) bond motifs is 1. The minimum Gasteiger partial charge on any atom is -0.350 e. The summed E-state index contributed by atoms with van der Waals surface area (Å²) >= 11 is 0. The molecule has 1 aliphatic heterocycles. The number of benzene rings is 2. The number of hydrogen-bond donors (Lipinski definition) is 2. The van der Waals surface area contributed by atoms with Gasteiger partial charge in [-0.15, -0.1) is 0 Å². The lowest BCUT2D eigenvalue weighted by Gasteiger charge is -2.17. The molecule has 0 aliphatic carbocycles. The Kier molecular flexibility index (Phi) is 4.42. The van der Waals surface area contributed by atoms with Crippen molar-refractivity contribution in [2.75, 3.05) is 11.9 Å². The third kappa shape index (κ3) is 3.53. The molecule has 124 valence electrons. The van der Waals surface area contributed by atoms with Crippen LogP contribution in [0, 0.1) is 0 Å². The lowest BCUT2D eigenvalue weighted by atomic mass is 9.90. The highest BCUT2D eigenvalue weighted by atomic mass is 15.2. The molecule has 25 heavy (non-hydrogen) atoms. The van der Waals surface area contributed by atoms with Gasteiger partial charge in [-0.3, -0.25) is 9.98 Å². The van der Waals surface area contributed by atoms with Gasteiger partial charge in [0, 0.05) is 17.8 Å². The SMILES string of the molecule is c1ccc(C2CN=C(NCc3ccccn3)Nc3ccccc32)cc1. The Morgan fingerprint density at radius 2 is 1.72 bits per heavy atom. The Hall–Kier alpha value is -3.14. The number of para-hydroxylation sites is 1. The number of rotatable bonds is 3. The van der Waals surface area contributed by atoms with Crippen molar-refractivity contribution in [3.8, 4) is 0 Å². The zero-order valence-electron chi connectivity index (χ0n) is 13.9. The molecule has 3 aromatic rings. The molecule has 2 N–H and O–H groups in total. The second kappa shape index (κ2) is 7.18. The van der Waals surface area contributed by atoms with Gasteiger partial charge in [-0.05, 0) is 29.3 Å². The molecule has 1 aromatic heterocycles. The van der Waals surface area contributed by atoms with Crippen molar-refractivity contribution in [2.45, 2.75) is 12.5 Å². The molecule has 1 atom stereocenters. The van der Waals surface area contributed by atoms with E-state index in [2.05, 4.69) is 64.1 Å². The topological polar surface area (TPSA) is 49.3 Å². The quantitative estimate of drug-likeness (QED) is 0.769. The van der Waals surface area contributed by atoms with Gasteiger partial charge in [0.25, 0.3) is 0 Å². The molecular weight excluding hydrogens is 308 g/mol. The van der Waals surface area contributed by atoms with Crippen molar-refractivity contribution in [2.24, 2.45) is 4.99 Å². The van der Waals surface area contributed by atoms with Gasteiger partial charge in [-0.1, -0.05) is 54.6 Å². The number of aliphatic imine (C=N–C) groups is 1. The van der Waals surface area contributed by atoms with Crippen molar-refractivity contribution >= 4 is 11.6 Å². The third-order valence-corrected chi connectivity index (χ3v) is 4.39. The zero-order valence-corrected chi connectivity index (χ0v) is 13.9. The summed E-state index contributed by atoms with van der Waals surface area (Å²) in [6.45, 7) is 1.35. The summed E-state index contributed by atoms with van der Waals surface area (Å²) in [7, 11) is 0. The van der Waals surface area contributed by atoms with Crippen LogP contribution in [0.2, 0.25) is 0 Å². The summed E-state index contributed by atoms with van der Waals surface area (Å²) in [5.74, 6) is 1.04. The van der Waals surface area contributed by atoms with E-state index in [1.165, 1.54) is 11.1 Å². The second-order valence-corrected chi connectivity index (χ2v) is 6.04. The molecule has 2 aromatic carbocycles. The molecule has 0 saturated heterocycles. The summed E-state index contributed by atoms with van der Waals surface area (Å²) in [6.07, 6.45) is 1.81. The van der Waals surface area contributed by atoms with E-state index in [0.717, 1.165) is 17.3 Å². The van der Waals surface area contributed by atoms with Gasteiger partial charge in [0.2, 0.25) is 0 Å².